The Labute approximate surface area is 116 Å². The molecule has 19 heavy (non-hydrogen) atoms. The van der Waals surface area contributed by atoms with Crippen molar-refractivity contribution in [3.05, 3.63) is 11.9 Å². The van der Waals surface area contributed by atoms with Crippen molar-refractivity contribution in [3.8, 4) is 0 Å². The Morgan fingerprint density at radius 2 is 2.11 bits per heavy atom. The summed E-state index contributed by atoms with van der Waals surface area (Å²) in [4.78, 5) is 11.6. The predicted octanol–water partition coefficient (Wildman–Crippen LogP) is 3.10. The maximum atomic E-state index is 4.70. The van der Waals surface area contributed by atoms with E-state index in [4.69, 9.17) is 4.98 Å². The average Bonchev–Trinajstić information content (AvgIpc) is 2.63. The van der Waals surface area contributed by atoms with Gasteiger partial charge in [0.05, 0.1) is 0 Å². The van der Waals surface area contributed by atoms with E-state index in [2.05, 4.69) is 42.0 Å². The third kappa shape index (κ3) is 3.82. The van der Waals surface area contributed by atoms with Gasteiger partial charge in [-0.3, -0.25) is 0 Å². The number of aryl methyl sites for hydroxylation is 1. The van der Waals surface area contributed by atoms with Crippen LogP contribution in [0.1, 0.15) is 45.9 Å². The van der Waals surface area contributed by atoms with Crippen LogP contribution in [0.15, 0.2) is 6.07 Å². The molecule has 1 aromatic rings. The Kier molecular flexibility index (Phi) is 5.00. The molecular weight excluding hydrogens is 236 g/mol. The Balaban J connectivity index is 2.19. The normalized spacial score (nSPS) is 20.2. The molecule has 1 unspecified atom stereocenters. The molecule has 0 bridgehead atoms. The van der Waals surface area contributed by atoms with E-state index in [1.807, 2.05) is 0 Å². The molecule has 1 N–H and O–H groups in total. The second kappa shape index (κ2) is 6.73. The van der Waals surface area contributed by atoms with Crippen molar-refractivity contribution in [2.45, 2.75) is 46.5 Å². The number of anilines is 2. The summed E-state index contributed by atoms with van der Waals surface area (Å²) >= 11 is 0. The zero-order valence-electron chi connectivity index (χ0n) is 12.4. The van der Waals surface area contributed by atoms with Crippen LogP contribution in [0.5, 0.6) is 0 Å². The van der Waals surface area contributed by atoms with Crippen LogP contribution in [0.25, 0.3) is 0 Å². The molecule has 2 rings (SSSR count). The van der Waals surface area contributed by atoms with Gasteiger partial charge in [-0.25, -0.2) is 9.97 Å². The predicted molar refractivity (Wildman–Crippen MR) is 80.8 cm³/mol. The fraction of sp³-hybridized carbons (Fsp3) is 0.733. The molecule has 1 aromatic heterocycles. The van der Waals surface area contributed by atoms with Crippen LogP contribution in [0.2, 0.25) is 0 Å². The molecule has 4 heteroatoms. The van der Waals surface area contributed by atoms with E-state index in [-0.39, 0.29) is 0 Å². The summed E-state index contributed by atoms with van der Waals surface area (Å²) in [7, 11) is 0. The first-order chi connectivity index (χ1) is 9.22. The number of aromatic nitrogens is 2. The molecule has 1 aliphatic heterocycles. The van der Waals surface area contributed by atoms with Crippen LogP contribution in [-0.4, -0.2) is 29.6 Å². The SMILES string of the molecule is CCNc1cc(N2CCCC(C)CC2)nc(CC)n1. The number of hydrogen-bond acceptors (Lipinski definition) is 4. The Morgan fingerprint density at radius 3 is 2.84 bits per heavy atom. The molecular formula is C15H26N4. The fourth-order valence-corrected chi connectivity index (χ4v) is 2.57. The molecule has 0 radical (unpaired) electrons. The monoisotopic (exact) mass is 262 g/mol. The molecule has 0 amide bonds. The lowest BCUT2D eigenvalue weighted by Gasteiger charge is -2.22. The minimum atomic E-state index is 0.839. The first-order valence-corrected chi connectivity index (χ1v) is 7.59. The maximum absolute atomic E-state index is 4.70. The second-order valence-corrected chi connectivity index (χ2v) is 5.43. The Morgan fingerprint density at radius 1 is 1.26 bits per heavy atom. The summed E-state index contributed by atoms with van der Waals surface area (Å²) in [6.07, 6.45) is 4.75. The zero-order valence-corrected chi connectivity index (χ0v) is 12.4. The Hall–Kier alpha value is -1.32. The summed E-state index contributed by atoms with van der Waals surface area (Å²) in [5, 5.41) is 3.31. The van der Waals surface area contributed by atoms with Gasteiger partial charge in [0.2, 0.25) is 0 Å². The third-order valence-corrected chi connectivity index (χ3v) is 3.77. The molecule has 2 heterocycles. The second-order valence-electron chi connectivity index (χ2n) is 5.43. The largest absolute Gasteiger partial charge is 0.370 e. The van der Waals surface area contributed by atoms with Gasteiger partial charge in [0.25, 0.3) is 0 Å². The summed E-state index contributed by atoms with van der Waals surface area (Å²) < 4.78 is 0. The topological polar surface area (TPSA) is 41.0 Å². The third-order valence-electron chi connectivity index (χ3n) is 3.77. The van der Waals surface area contributed by atoms with Crippen LogP contribution < -0.4 is 10.2 Å². The molecule has 0 aromatic carbocycles. The van der Waals surface area contributed by atoms with Crippen molar-refractivity contribution < 1.29 is 0 Å². The van der Waals surface area contributed by atoms with E-state index in [1.165, 1.54) is 19.3 Å². The molecule has 1 atom stereocenters. The van der Waals surface area contributed by atoms with Crippen LogP contribution in [0.3, 0.4) is 0 Å². The van der Waals surface area contributed by atoms with E-state index in [9.17, 15) is 0 Å². The van der Waals surface area contributed by atoms with E-state index in [0.717, 1.165) is 49.4 Å². The minimum Gasteiger partial charge on any atom is -0.370 e. The lowest BCUT2D eigenvalue weighted by Crippen LogP contribution is -2.26. The van der Waals surface area contributed by atoms with Crippen molar-refractivity contribution >= 4 is 11.6 Å². The van der Waals surface area contributed by atoms with E-state index < -0.39 is 0 Å². The molecule has 0 saturated carbocycles. The van der Waals surface area contributed by atoms with Gasteiger partial charge in [0, 0.05) is 32.1 Å². The maximum Gasteiger partial charge on any atom is 0.134 e. The summed E-state index contributed by atoms with van der Waals surface area (Å²) in [6, 6.07) is 2.10. The van der Waals surface area contributed by atoms with E-state index in [0.29, 0.717) is 0 Å². The van der Waals surface area contributed by atoms with Crippen molar-refractivity contribution in [2.75, 3.05) is 29.9 Å². The lowest BCUT2D eigenvalue weighted by atomic mass is 10.0. The van der Waals surface area contributed by atoms with Crippen LogP contribution in [0, 0.1) is 5.92 Å². The van der Waals surface area contributed by atoms with E-state index in [1.54, 1.807) is 0 Å². The van der Waals surface area contributed by atoms with Gasteiger partial charge in [0.15, 0.2) is 0 Å². The van der Waals surface area contributed by atoms with Crippen LogP contribution in [0.4, 0.5) is 11.6 Å². The molecule has 4 nitrogen and oxygen atoms in total. The van der Waals surface area contributed by atoms with Gasteiger partial charge in [-0.1, -0.05) is 13.8 Å². The highest BCUT2D eigenvalue weighted by atomic mass is 15.2. The lowest BCUT2D eigenvalue weighted by molar-refractivity contribution is 0.521. The quantitative estimate of drug-likeness (QED) is 0.905. The van der Waals surface area contributed by atoms with Crippen molar-refractivity contribution in [1.29, 1.82) is 0 Å². The number of rotatable bonds is 4. The highest BCUT2D eigenvalue weighted by molar-refractivity contribution is 5.49. The van der Waals surface area contributed by atoms with Crippen molar-refractivity contribution in [3.63, 3.8) is 0 Å². The summed E-state index contributed by atoms with van der Waals surface area (Å²) in [5.41, 5.74) is 0. The standard InChI is InChI=1S/C15H26N4/c1-4-13-17-14(16-5-2)11-15(18-13)19-9-6-7-12(3)8-10-19/h11-12H,4-10H2,1-3H3,(H,16,17,18). The van der Waals surface area contributed by atoms with Gasteiger partial charge in [0.1, 0.15) is 17.5 Å². The molecule has 106 valence electrons. The first kappa shape index (κ1) is 14.1. The van der Waals surface area contributed by atoms with Gasteiger partial charge in [-0.2, -0.15) is 0 Å². The van der Waals surface area contributed by atoms with Crippen LogP contribution in [-0.2, 0) is 6.42 Å². The summed E-state index contributed by atoms with van der Waals surface area (Å²) in [5.74, 6) is 3.83. The summed E-state index contributed by atoms with van der Waals surface area (Å²) in [6.45, 7) is 9.70. The molecule has 1 saturated heterocycles. The number of nitrogens with one attached hydrogen (secondary N) is 1. The smallest absolute Gasteiger partial charge is 0.134 e. The van der Waals surface area contributed by atoms with Gasteiger partial charge >= 0.3 is 0 Å². The van der Waals surface area contributed by atoms with Crippen LogP contribution >= 0.6 is 0 Å². The first-order valence-electron chi connectivity index (χ1n) is 7.59. The van der Waals surface area contributed by atoms with Gasteiger partial charge < -0.3 is 10.2 Å². The molecule has 0 aliphatic carbocycles. The van der Waals surface area contributed by atoms with Crippen molar-refractivity contribution in [2.24, 2.45) is 5.92 Å². The van der Waals surface area contributed by atoms with Gasteiger partial charge in [-0.05, 0) is 32.1 Å². The molecule has 1 aliphatic rings. The highest BCUT2D eigenvalue weighted by Gasteiger charge is 2.16. The fourth-order valence-electron chi connectivity index (χ4n) is 2.57. The molecule has 0 spiro atoms. The number of nitrogens with zero attached hydrogens (tertiary/aromatic N) is 3. The number of hydrogen-bond donors (Lipinski definition) is 1. The average molecular weight is 262 g/mol. The van der Waals surface area contributed by atoms with Crippen molar-refractivity contribution in [1.82, 2.24) is 9.97 Å². The van der Waals surface area contributed by atoms with Gasteiger partial charge in [-0.15, -0.1) is 0 Å². The zero-order chi connectivity index (χ0) is 13.7. The highest BCUT2D eigenvalue weighted by Crippen LogP contribution is 2.22. The molecule has 1 fully saturated rings. The minimum absolute atomic E-state index is 0.839. The Bertz CT molecular complexity index is 405. The van der Waals surface area contributed by atoms with E-state index >= 15 is 0 Å².